The number of aliphatic hydroxyl groups is 2. The van der Waals surface area contributed by atoms with Crippen LogP contribution in [0, 0.1) is 5.92 Å². The Morgan fingerprint density at radius 2 is 2.00 bits per heavy atom. The Kier molecular flexibility index (Phi) is 5.63. The summed E-state index contributed by atoms with van der Waals surface area (Å²) in [4.78, 5) is 12.1. The van der Waals surface area contributed by atoms with E-state index in [9.17, 15) is 9.90 Å². The molecule has 3 atom stereocenters. The van der Waals surface area contributed by atoms with Crippen LogP contribution in [0.25, 0.3) is 0 Å². The van der Waals surface area contributed by atoms with E-state index in [-0.39, 0.29) is 30.9 Å². The van der Waals surface area contributed by atoms with Gasteiger partial charge in [0, 0.05) is 18.6 Å². The summed E-state index contributed by atoms with van der Waals surface area (Å²) >= 11 is 0. The molecule has 1 fully saturated rings. The molecule has 122 valence electrons. The number of ether oxygens (including phenoxy) is 2. The van der Waals surface area contributed by atoms with Crippen LogP contribution < -0.4 is 14.8 Å². The summed E-state index contributed by atoms with van der Waals surface area (Å²) in [5, 5.41) is 21.8. The van der Waals surface area contributed by atoms with Gasteiger partial charge in [-0.05, 0) is 30.5 Å². The molecule has 0 unspecified atom stereocenters. The van der Waals surface area contributed by atoms with Gasteiger partial charge >= 0.3 is 0 Å². The Balaban J connectivity index is 1.92. The highest BCUT2D eigenvalue weighted by molar-refractivity contribution is 5.79. The van der Waals surface area contributed by atoms with Gasteiger partial charge in [0.2, 0.25) is 5.91 Å². The van der Waals surface area contributed by atoms with E-state index in [2.05, 4.69) is 5.32 Å². The number of carbonyl (C=O) groups excluding carboxylic acids is 1. The second kappa shape index (κ2) is 7.47. The molecule has 0 radical (unpaired) electrons. The first-order chi connectivity index (χ1) is 10.6. The average molecular weight is 309 g/mol. The third-order valence-corrected chi connectivity index (χ3v) is 4.07. The van der Waals surface area contributed by atoms with Crippen molar-refractivity contribution in [2.75, 3.05) is 20.8 Å². The molecule has 0 bridgehead atoms. The minimum atomic E-state index is -0.545. The molecule has 22 heavy (non-hydrogen) atoms. The van der Waals surface area contributed by atoms with Gasteiger partial charge in [0.05, 0.1) is 26.7 Å². The van der Waals surface area contributed by atoms with E-state index in [1.807, 2.05) is 6.07 Å². The molecular weight excluding hydrogens is 286 g/mol. The highest BCUT2D eigenvalue weighted by atomic mass is 16.5. The van der Waals surface area contributed by atoms with E-state index in [0.717, 1.165) is 5.56 Å². The number of carbonyl (C=O) groups is 1. The summed E-state index contributed by atoms with van der Waals surface area (Å²) in [5.41, 5.74) is 0.826. The van der Waals surface area contributed by atoms with Gasteiger partial charge in [0.1, 0.15) is 0 Å². The van der Waals surface area contributed by atoms with Crippen molar-refractivity contribution in [3.8, 4) is 11.5 Å². The number of benzene rings is 1. The van der Waals surface area contributed by atoms with Gasteiger partial charge in [-0.3, -0.25) is 4.79 Å². The maximum Gasteiger partial charge on any atom is 0.224 e. The fourth-order valence-electron chi connectivity index (χ4n) is 2.87. The molecule has 1 aliphatic rings. The number of amides is 1. The molecular formula is C16H23NO5. The normalized spacial score (nSPS) is 24.1. The maximum absolute atomic E-state index is 12.1. The van der Waals surface area contributed by atoms with Gasteiger partial charge in [-0.1, -0.05) is 6.07 Å². The Morgan fingerprint density at radius 3 is 2.59 bits per heavy atom. The summed E-state index contributed by atoms with van der Waals surface area (Å²) in [6, 6.07) is 5.28. The van der Waals surface area contributed by atoms with Crippen molar-refractivity contribution in [2.45, 2.75) is 31.4 Å². The molecule has 0 aromatic heterocycles. The first-order valence-electron chi connectivity index (χ1n) is 7.36. The predicted octanol–water partition coefficient (Wildman–Crippen LogP) is 0.494. The molecule has 1 aromatic carbocycles. The Hall–Kier alpha value is -1.79. The smallest absolute Gasteiger partial charge is 0.224 e. The van der Waals surface area contributed by atoms with Crippen molar-refractivity contribution >= 4 is 5.91 Å². The molecule has 6 heteroatoms. The minimum Gasteiger partial charge on any atom is -0.493 e. The third kappa shape index (κ3) is 3.90. The van der Waals surface area contributed by atoms with E-state index >= 15 is 0 Å². The van der Waals surface area contributed by atoms with Crippen LogP contribution in [0.1, 0.15) is 18.4 Å². The lowest BCUT2D eigenvalue weighted by Gasteiger charge is -2.13. The zero-order valence-electron chi connectivity index (χ0n) is 12.9. The van der Waals surface area contributed by atoms with Crippen molar-refractivity contribution in [3.63, 3.8) is 0 Å². The van der Waals surface area contributed by atoms with Crippen LogP contribution in [0.3, 0.4) is 0 Å². The highest BCUT2D eigenvalue weighted by Gasteiger charge is 2.33. The zero-order chi connectivity index (χ0) is 16.1. The van der Waals surface area contributed by atoms with Gasteiger partial charge in [-0.25, -0.2) is 0 Å². The zero-order valence-corrected chi connectivity index (χ0v) is 12.9. The van der Waals surface area contributed by atoms with Crippen molar-refractivity contribution in [2.24, 2.45) is 5.92 Å². The lowest BCUT2D eigenvalue weighted by atomic mass is 10.1. The molecule has 2 rings (SSSR count). The van der Waals surface area contributed by atoms with E-state index in [0.29, 0.717) is 24.3 Å². The quantitative estimate of drug-likeness (QED) is 0.712. The van der Waals surface area contributed by atoms with E-state index in [1.165, 1.54) is 0 Å². The van der Waals surface area contributed by atoms with Gasteiger partial charge in [-0.15, -0.1) is 0 Å². The molecule has 3 N–H and O–H groups in total. The molecule has 1 aliphatic carbocycles. The van der Waals surface area contributed by atoms with Crippen LogP contribution in [0.15, 0.2) is 18.2 Å². The summed E-state index contributed by atoms with van der Waals surface area (Å²) in [6.45, 7) is -0.0524. The van der Waals surface area contributed by atoms with Crippen LogP contribution in [0.4, 0.5) is 0 Å². The van der Waals surface area contributed by atoms with Crippen molar-refractivity contribution in [1.82, 2.24) is 5.32 Å². The van der Waals surface area contributed by atoms with E-state index < -0.39 is 6.10 Å². The molecule has 0 saturated heterocycles. The van der Waals surface area contributed by atoms with Crippen molar-refractivity contribution in [1.29, 1.82) is 0 Å². The number of rotatable bonds is 6. The van der Waals surface area contributed by atoms with Crippen LogP contribution in [0.2, 0.25) is 0 Å². The van der Waals surface area contributed by atoms with Crippen molar-refractivity contribution < 1.29 is 24.5 Å². The highest BCUT2D eigenvalue weighted by Crippen LogP contribution is 2.28. The maximum atomic E-state index is 12.1. The number of nitrogens with one attached hydrogen (secondary N) is 1. The number of methoxy groups -OCH3 is 2. The Bertz CT molecular complexity index is 519. The lowest BCUT2D eigenvalue weighted by molar-refractivity contribution is -0.121. The molecule has 0 aliphatic heterocycles. The average Bonchev–Trinajstić information content (AvgIpc) is 2.86. The summed E-state index contributed by atoms with van der Waals surface area (Å²) in [5.74, 6) is 0.954. The predicted molar refractivity (Wildman–Crippen MR) is 81.0 cm³/mol. The van der Waals surface area contributed by atoms with Gasteiger partial charge in [-0.2, -0.15) is 0 Å². The van der Waals surface area contributed by atoms with Gasteiger partial charge in [0.25, 0.3) is 0 Å². The van der Waals surface area contributed by atoms with Crippen LogP contribution >= 0.6 is 0 Å². The summed E-state index contributed by atoms with van der Waals surface area (Å²) < 4.78 is 10.4. The van der Waals surface area contributed by atoms with Crippen LogP contribution in [-0.2, 0) is 11.2 Å². The third-order valence-electron chi connectivity index (χ3n) is 4.07. The molecule has 1 aromatic rings. The number of hydrogen-bond donors (Lipinski definition) is 3. The van der Waals surface area contributed by atoms with E-state index in [4.69, 9.17) is 14.6 Å². The SMILES string of the molecule is COc1ccc(CC(=O)N[C@H]2C[C@@H](CO)[C@H](O)C2)cc1OC. The van der Waals surface area contributed by atoms with Gasteiger partial charge in [0.15, 0.2) is 11.5 Å². The number of hydrogen-bond acceptors (Lipinski definition) is 5. The van der Waals surface area contributed by atoms with Crippen LogP contribution in [-0.4, -0.2) is 49.1 Å². The fraction of sp³-hybridized carbons (Fsp3) is 0.562. The fourth-order valence-corrected chi connectivity index (χ4v) is 2.87. The molecule has 0 heterocycles. The second-order valence-corrected chi connectivity index (χ2v) is 5.61. The van der Waals surface area contributed by atoms with Gasteiger partial charge < -0.3 is 25.0 Å². The topological polar surface area (TPSA) is 88.0 Å². The number of aliphatic hydroxyl groups excluding tert-OH is 2. The first-order valence-corrected chi connectivity index (χ1v) is 7.36. The largest absolute Gasteiger partial charge is 0.493 e. The first kappa shape index (κ1) is 16.6. The molecule has 6 nitrogen and oxygen atoms in total. The Labute approximate surface area is 130 Å². The summed E-state index contributed by atoms with van der Waals surface area (Å²) in [6.07, 6.45) is 0.783. The minimum absolute atomic E-state index is 0.0524. The van der Waals surface area contributed by atoms with Crippen molar-refractivity contribution in [3.05, 3.63) is 23.8 Å². The second-order valence-electron chi connectivity index (χ2n) is 5.61. The monoisotopic (exact) mass is 309 g/mol. The lowest BCUT2D eigenvalue weighted by Crippen LogP contribution is -2.34. The van der Waals surface area contributed by atoms with Crippen LogP contribution in [0.5, 0.6) is 11.5 Å². The molecule has 1 saturated carbocycles. The molecule has 1 amide bonds. The van der Waals surface area contributed by atoms with E-state index in [1.54, 1.807) is 26.4 Å². The standard InChI is InChI=1S/C16H23NO5/c1-21-14-4-3-10(5-15(14)22-2)6-16(20)17-12-7-11(9-18)13(19)8-12/h3-5,11-13,18-19H,6-9H2,1-2H3,(H,17,20)/t11-,12-,13+/m0/s1. The Morgan fingerprint density at radius 1 is 1.27 bits per heavy atom. The molecule has 0 spiro atoms. The summed E-state index contributed by atoms with van der Waals surface area (Å²) in [7, 11) is 3.11.